The van der Waals surface area contributed by atoms with Crippen molar-refractivity contribution in [1.29, 1.82) is 0 Å². The van der Waals surface area contributed by atoms with Gasteiger partial charge < -0.3 is 14.8 Å². The highest BCUT2D eigenvalue weighted by Gasteiger charge is 2.13. The zero-order valence-corrected chi connectivity index (χ0v) is 9.03. The van der Waals surface area contributed by atoms with E-state index in [9.17, 15) is 0 Å². The Kier molecular flexibility index (Phi) is 3.59. The van der Waals surface area contributed by atoms with Crippen molar-refractivity contribution in [3.05, 3.63) is 29.8 Å². The zero-order valence-electron chi connectivity index (χ0n) is 9.03. The minimum Gasteiger partial charge on any atom is -0.382 e. The normalized spacial score (nSPS) is 21.3. The van der Waals surface area contributed by atoms with Crippen molar-refractivity contribution in [2.24, 2.45) is 0 Å². The summed E-state index contributed by atoms with van der Waals surface area (Å²) < 4.78 is 10.9. The molecule has 1 saturated heterocycles. The third-order valence-corrected chi connectivity index (χ3v) is 2.55. The Hall–Kier alpha value is -1.06. The number of hydrogen-bond donors (Lipinski definition) is 1. The monoisotopic (exact) mass is 207 g/mol. The van der Waals surface area contributed by atoms with Crippen LogP contribution in [0.4, 0.5) is 5.69 Å². The van der Waals surface area contributed by atoms with Gasteiger partial charge in [0.2, 0.25) is 0 Å². The predicted molar refractivity (Wildman–Crippen MR) is 60.2 cm³/mol. The maximum absolute atomic E-state index is 5.55. The molecule has 0 amide bonds. The van der Waals surface area contributed by atoms with Crippen LogP contribution >= 0.6 is 0 Å². The van der Waals surface area contributed by atoms with Gasteiger partial charge in [-0.3, -0.25) is 0 Å². The third-order valence-electron chi connectivity index (χ3n) is 2.55. The highest BCUT2D eigenvalue weighted by atomic mass is 16.6. The second kappa shape index (κ2) is 5.14. The average Bonchev–Trinajstić information content (AvgIpc) is 2.29. The number of nitrogens with one attached hydrogen (secondary N) is 1. The lowest BCUT2D eigenvalue weighted by Gasteiger charge is -2.23. The molecule has 1 aromatic carbocycles. The molecule has 0 spiro atoms. The number of ether oxygens (including phenoxy) is 2. The van der Waals surface area contributed by atoms with Crippen LogP contribution in [0.2, 0.25) is 0 Å². The van der Waals surface area contributed by atoms with Gasteiger partial charge in [0.1, 0.15) is 0 Å². The number of hydrogen-bond acceptors (Lipinski definition) is 3. The molecule has 1 fully saturated rings. The summed E-state index contributed by atoms with van der Waals surface area (Å²) in [6.07, 6.45) is 0.179. The molecular weight excluding hydrogens is 190 g/mol. The van der Waals surface area contributed by atoms with Gasteiger partial charge in [-0.05, 0) is 18.6 Å². The van der Waals surface area contributed by atoms with Crippen LogP contribution in [0.1, 0.15) is 5.56 Å². The lowest BCUT2D eigenvalue weighted by molar-refractivity contribution is -0.0818. The zero-order chi connectivity index (χ0) is 10.5. The molecule has 15 heavy (non-hydrogen) atoms. The first kappa shape index (κ1) is 10.5. The Morgan fingerprint density at radius 3 is 2.93 bits per heavy atom. The summed E-state index contributed by atoms with van der Waals surface area (Å²) >= 11 is 0. The molecule has 2 rings (SSSR count). The maximum Gasteiger partial charge on any atom is 0.0981 e. The second-order valence-electron chi connectivity index (χ2n) is 3.76. The maximum atomic E-state index is 5.55. The molecule has 3 heteroatoms. The molecule has 1 aliphatic heterocycles. The Labute approximate surface area is 90.4 Å². The van der Waals surface area contributed by atoms with Crippen LogP contribution in [-0.4, -0.2) is 32.5 Å². The average molecular weight is 207 g/mol. The van der Waals surface area contributed by atoms with Crippen LogP contribution in [0.25, 0.3) is 0 Å². The molecule has 0 aromatic heterocycles. The molecule has 0 saturated carbocycles. The predicted octanol–water partition coefficient (Wildman–Crippen LogP) is 1.82. The number of benzene rings is 1. The first-order valence-corrected chi connectivity index (χ1v) is 5.35. The fourth-order valence-electron chi connectivity index (χ4n) is 1.65. The van der Waals surface area contributed by atoms with E-state index in [2.05, 4.69) is 24.4 Å². The SMILES string of the molecule is Cc1ccccc1NCC1COCCO1. The number of aryl methyl sites for hydroxylation is 1. The highest BCUT2D eigenvalue weighted by Crippen LogP contribution is 2.13. The van der Waals surface area contributed by atoms with E-state index in [-0.39, 0.29) is 6.10 Å². The van der Waals surface area contributed by atoms with E-state index < -0.39 is 0 Å². The smallest absolute Gasteiger partial charge is 0.0981 e. The first-order valence-electron chi connectivity index (χ1n) is 5.35. The van der Waals surface area contributed by atoms with Gasteiger partial charge in [0, 0.05) is 12.2 Å². The van der Waals surface area contributed by atoms with Gasteiger partial charge in [0.05, 0.1) is 25.9 Å². The Bertz CT molecular complexity index is 308. The number of anilines is 1. The van der Waals surface area contributed by atoms with Gasteiger partial charge in [-0.2, -0.15) is 0 Å². The van der Waals surface area contributed by atoms with E-state index in [1.807, 2.05) is 12.1 Å². The quantitative estimate of drug-likeness (QED) is 0.820. The Balaban J connectivity index is 1.84. The summed E-state index contributed by atoms with van der Waals surface area (Å²) in [5.74, 6) is 0. The van der Waals surface area contributed by atoms with Gasteiger partial charge in [-0.15, -0.1) is 0 Å². The molecule has 1 aromatic rings. The molecule has 3 nitrogen and oxygen atoms in total. The molecule has 1 atom stereocenters. The molecule has 1 unspecified atom stereocenters. The van der Waals surface area contributed by atoms with E-state index in [1.54, 1.807) is 0 Å². The van der Waals surface area contributed by atoms with Crippen LogP contribution in [0.15, 0.2) is 24.3 Å². The van der Waals surface area contributed by atoms with Crippen molar-refractivity contribution in [3.8, 4) is 0 Å². The van der Waals surface area contributed by atoms with Crippen LogP contribution in [0.5, 0.6) is 0 Å². The van der Waals surface area contributed by atoms with E-state index in [0.29, 0.717) is 13.2 Å². The van der Waals surface area contributed by atoms with Gasteiger partial charge in [-0.25, -0.2) is 0 Å². The topological polar surface area (TPSA) is 30.5 Å². The van der Waals surface area contributed by atoms with Gasteiger partial charge >= 0.3 is 0 Å². The summed E-state index contributed by atoms with van der Waals surface area (Å²) in [6.45, 7) is 5.03. The molecule has 1 N–H and O–H groups in total. The van der Waals surface area contributed by atoms with Crippen molar-refractivity contribution in [1.82, 2.24) is 0 Å². The summed E-state index contributed by atoms with van der Waals surface area (Å²) in [5, 5.41) is 3.38. The van der Waals surface area contributed by atoms with Crippen molar-refractivity contribution < 1.29 is 9.47 Å². The van der Waals surface area contributed by atoms with Gasteiger partial charge in [0.15, 0.2) is 0 Å². The minimum absolute atomic E-state index is 0.179. The molecule has 0 aliphatic carbocycles. The molecule has 0 radical (unpaired) electrons. The lowest BCUT2D eigenvalue weighted by atomic mass is 10.2. The lowest BCUT2D eigenvalue weighted by Crippen LogP contribution is -2.34. The Morgan fingerprint density at radius 2 is 2.20 bits per heavy atom. The summed E-state index contributed by atoms with van der Waals surface area (Å²) in [7, 11) is 0. The second-order valence-corrected chi connectivity index (χ2v) is 3.76. The van der Waals surface area contributed by atoms with Crippen molar-refractivity contribution in [2.45, 2.75) is 13.0 Å². The fraction of sp³-hybridized carbons (Fsp3) is 0.500. The Morgan fingerprint density at radius 1 is 1.33 bits per heavy atom. The standard InChI is InChI=1S/C12H17NO2/c1-10-4-2-3-5-12(10)13-8-11-9-14-6-7-15-11/h2-5,11,13H,6-9H2,1H3. The van der Waals surface area contributed by atoms with Crippen LogP contribution < -0.4 is 5.32 Å². The third kappa shape index (κ3) is 2.94. The van der Waals surface area contributed by atoms with Crippen molar-refractivity contribution >= 4 is 5.69 Å². The summed E-state index contributed by atoms with van der Waals surface area (Å²) in [5.41, 5.74) is 2.43. The van der Waals surface area contributed by atoms with E-state index >= 15 is 0 Å². The van der Waals surface area contributed by atoms with Gasteiger partial charge in [0.25, 0.3) is 0 Å². The first-order chi connectivity index (χ1) is 7.36. The van der Waals surface area contributed by atoms with E-state index in [4.69, 9.17) is 9.47 Å². The van der Waals surface area contributed by atoms with Crippen LogP contribution in [0.3, 0.4) is 0 Å². The molecule has 1 aliphatic rings. The number of rotatable bonds is 3. The largest absolute Gasteiger partial charge is 0.382 e. The molecule has 82 valence electrons. The van der Waals surface area contributed by atoms with Crippen molar-refractivity contribution in [2.75, 3.05) is 31.7 Å². The van der Waals surface area contributed by atoms with E-state index in [0.717, 1.165) is 13.2 Å². The van der Waals surface area contributed by atoms with E-state index in [1.165, 1.54) is 11.3 Å². The van der Waals surface area contributed by atoms with Crippen LogP contribution in [0, 0.1) is 6.92 Å². The summed E-state index contributed by atoms with van der Waals surface area (Å²) in [6, 6.07) is 8.26. The molecular formula is C12H17NO2. The fourth-order valence-corrected chi connectivity index (χ4v) is 1.65. The van der Waals surface area contributed by atoms with Gasteiger partial charge in [-0.1, -0.05) is 18.2 Å². The number of para-hydroxylation sites is 1. The van der Waals surface area contributed by atoms with Crippen molar-refractivity contribution in [3.63, 3.8) is 0 Å². The summed E-state index contributed by atoms with van der Waals surface area (Å²) in [4.78, 5) is 0. The molecule has 0 bridgehead atoms. The minimum atomic E-state index is 0.179. The molecule has 1 heterocycles. The highest BCUT2D eigenvalue weighted by molar-refractivity contribution is 5.50. The van der Waals surface area contributed by atoms with Crippen LogP contribution in [-0.2, 0) is 9.47 Å².